The Morgan fingerprint density at radius 1 is 0.339 bits per heavy atom. The van der Waals surface area contributed by atoms with E-state index in [-0.39, 0.29) is 31.1 Å². The first-order valence-corrected chi connectivity index (χ1v) is 25.9. The number of ether oxygens (including phenoxy) is 3. The van der Waals surface area contributed by atoms with Gasteiger partial charge in [-0.1, -0.05) is 209 Å². The Morgan fingerprint density at radius 2 is 0.629 bits per heavy atom. The lowest BCUT2D eigenvalue weighted by molar-refractivity contribution is -0.167. The van der Waals surface area contributed by atoms with Gasteiger partial charge in [0.2, 0.25) is 0 Å². The molecule has 1 unspecified atom stereocenters. The standard InChI is InChI=1S/C56H96O6/c1-4-7-10-13-15-17-19-21-23-25-27-28-29-31-32-34-36-38-40-43-46-49-55(58)61-52-53(51-60-54(57)48-45-42-12-9-6-3)62-56(59)50-47-44-41-39-37-35-33-30-26-24-22-20-18-16-14-11-8-5-2/h7,10,15,17,21,23-24,26-28,31-32,53H,4-6,8-9,11-14,16,18-20,22,25,29-30,33-52H2,1-3H3/b10-7-,17-15-,23-21-,26-24-,28-27-,32-31-. The first-order valence-electron chi connectivity index (χ1n) is 25.9. The number of allylic oxidation sites excluding steroid dienone is 12. The third kappa shape index (κ3) is 47.9. The summed E-state index contributed by atoms with van der Waals surface area (Å²) in [5, 5.41) is 0. The molecule has 0 bridgehead atoms. The summed E-state index contributed by atoms with van der Waals surface area (Å²) in [6, 6.07) is 0. The molecular weight excluding hydrogens is 769 g/mol. The summed E-state index contributed by atoms with van der Waals surface area (Å²) in [7, 11) is 0. The molecular formula is C56H96O6. The molecule has 0 aliphatic carbocycles. The average molecular weight is 865 g/mol. The lowest BCUT2D eigenvalue weighted by Crippen LogP contribution is -2.30. The third-order valence-corrected chi connectivity index (χ3v) is 10.9. The molecule has 62 heavy (non-hydrogen) atoms. The van der Waals surface area contributed by atoms with Crippen LogP contribution in [0, 0.1) is 0 Å². The minimum Gasteiger partial charge on any atom is -0.462 e. The number of carbonyl (C=O) groups excluding carboxylic acids is 3. The predicted octanol–water partition coefficient (Wildman–Crippen LogP) is 17.0. The maximum Gasteiger partial charge on any atom is 0.306 e. The molecule has 0 fully saturated rings. The van der Waals surface area contributed by atoms with E-state index in [1.165, 1.54) is 89.9 Å². The molecule has 0 spiro atoms. The van der Waals surface area contributed by atoms with E-state index in [0.717, 1.165) is 116 Å². The molecule has 0 amide bonds. The van der Waals surface area contributed by atoms with Crippen LogP contribution in [-0.2, 0) is 28.6 Å². The molecule has 0 saturated heterocycles. The monoisotopic (exact) mass is 865 g/mol. The van der Waals surface area contributed by atoms with Gasteiger partial charge < -0.3 is 14.2 Å². The second-order valence-electron chi connectivity index (χ2n) is 17.1. The Labute approximate surface area is 382 Å². The fourth-order valence-electron chi connectivity index (χ4n) is 7.05. The summed E-state index contributed by atoms with van der Waals surface area (Å²) in [6.07, 6.45) is 63.5. The van der Waals surface area contributed by atoms with E-state index in [1.54, 1.807) is 0 Å². The minimum atomic E-state index is -0.781. The minimum absolute atomic E-state index is 0.0843. The van der Waals surface area contributed by atoms with E-state index in [4.69, 9.17) is 14.2 Å². The number of esters is 3. The van der Waals surface area contributed by atoms with Crippen molar-refractivity contribution in [2.24, 2.45) is 0 Å². The summed E-state index contributed by atoms with van der Waals surface area (Å²) < 4.78 is 16.7. The second kappa shape index (κ2) is 50.5. The second-order valence-corrected chi connectivity index (χ2v) is 17.1. The molecule has 6 nitrogen and oxygen atoms in total. The highest BCUT2D eigenvalue weighted by Gasteiger charge is 2.19. The maximum atomic E-state index is 12.7. The van der Waals surface area contributed by atoms with Crippen LogP contribution >= 0.6 is 0 Å². The summed E-state index contributed by atoms with van der Waals surface area (Å²) in [6.45, 7) is 6.42. The van der Waals surface area contributed by atoms with Crippen LogP contribution in [0.25, 0.3) is 0 Å². The quantitative estimate of drug-likeness (QED) is 0.0262. The summed E-state index contributed by atoms with van der Waals surface area (Å²) >= 11 is 0. The van der Waals surface area contributed by atoms with Crippen molar-refractivity contribution in [1.82, 2.24) is 0 Å². The Bertz CT molecular complexity index is 1180. The number of unbranched alkanes of at least 4 members (excludes halogenated alkanes) is 23. The lowest BCUT2D eigenvalue weighted by Gasteiger charge is -2.18. The molecule has 0 rings (SSSR count). The van der Waals surface area contributed by atoms with E-state index in [0.29, 0.717) is 19.3 Å². The van der Waals surface area contributed by atoms with Crippen molar-refractivity contribution in [1.29, 1.82) is 0 Å². The molecule has 0 aromatic heterocycles. The van der Waals surface area contributed by atoms with Gasteiger partial charge in [0.25, 0.3) is 0 Å². The molecule has 356 valence electrons. The summed E-state index contributed by atoms with van der Waals surface area (Å²) in [5.41, 5.74) is 0. The predicted molar refractivity (Wildman–Crippen MR) is 265 cm³/mol. The summed E-state index contributed by atoms with van der Waals surface area (Å²) in [5.74, 6) is -0.920. The Morgan fingerprint density at radius 3 is 1.00 bits per heavy atom. The lowest BCUT2D eigenvalue weighted by atomic mass is 10.1. The zero-order valence-corrected chi connectivity index (χ0v) is 40.6. The van der Waals surface area contributed by atoms with Gasteiger partial charge >= 0.3 is 17.9 Å². The van der Waals surface area contributed by atoms with Crippen LogP contribution in [0.5, 0.6) is 0 Å². The van der Waals surface area contributed by atoms with Gasteiger partial charge in [0, 0.05) is 19.3 Å². The molecule has 6 heteroatoms. The number of hydrogen-bond donors (Lipinski definition) is 0. The van der Waals surface area contributed by atoms with Crippen molar-refractivity contribution >= 4 is 17.9 Å². The van der Waals surface area contributed by atoms with Crippen molar-refractivity contribution in [3.8, 4) is 0 Å². The van der Waals surface area contributed by atoms with E-state index in [1.807, 2.05) is 0 Å². The first kappa shape index (κ1) is 58.9. The smallest absolute Gasteiger partial charge is 0.306 e. The van der Waals surface area contributed by atoms with Gasteiger partial charge in [0.05, 0.1) is 0 Å². The van der Waals surface area contributed by atoms with E-state index in [2.05, 4.69) is 93.7 Å². The van der Waals surface area contributed by atoms with Crippen molar-refractivity contribution in [3.63, 3.8) is 0 Å². The highest BCUT2D eigenvalue weighted by atomic mass is 16.6. The van der Waals surface area contributed by atoms with Crippen LogP contribution < -0.4 is 0 Å². The molecule has 1 atom stereocenters. The number of carbonyl (C=O) groups is 3. The van der Waals surface area contributed by atoms with Gasteiger partial charge in [-0.25, -0.2) is 0 Å². The van der Waals surface area contributed by atoms with E-state index >= 15 is 0 Å². The van der Waals surface area contributed by atoms with Crippen molar-refractivity contribution < 1.29 is 28.6 Å². The molecule has 0 aliphatic rings. The molecule has 0 aliphatic heterocycles. The van der Waals surface area contributed by atoms with Gasteiger partial charge in [-0.3, -0.25) is 14.4 Å². The Balaban J connectivity index is 4.21. The van der Waals surface area contributed by atoms with Crippen molar-refractivity contribution in [2.75, 3.05) is 13.2 Å². The third-order valence-electron chi connectivity index (χ3n) is 10.9. The fraction of sp³-hybridized carbons (Fsp3) is 0.732. The molecule has 0 N–H and O–H groups in total. The zero-order chi connectivity index (χ0) is 45.1. The van der Waals surface area contributed by atoms with Crippen molar-refractivity contribution in [3.05, 3.63) is 72.9 Å². The Hall–Kier alpha value is -3.15. The van der Waals surface area contributed by atoms with Gasteiger partial charge in [0.15, 0.2) is 6.10 Å². The van der Waals surface area contributed by atoms with Crippen LogP contribution in [0.1, 0.15) is 245 Å². The average Bonchev–Trinajstić information content (AvgIpc) is 3.27. The van der Waals surface area contributed by atoms with Crippen LogP contribution in [0.3, 0.4) is 0 Å². The molecule has 0 heterocycles. The van der Waals surface area contributed by atoms with E-state index < -0.39 is 6.10 Å². The number of hydrogen-bond acceptors (Lipinski definition) is 6. The largest absolute Gasteiger partial charge is 0.462 e. The maximum absolute atomic E-state index is 12.7. The first-order chi connectivity index (χ1) is 30.5. The van der Waals surface area contributed by atoms with Gasteiger partial charge in [-0.15, -0.1) is 0 Å². The van der Waals surface area contributed by atoms with Crippen LogP contribution in [-0.4, -0.2) is 37.2 Å². The van der Waals surface area contributed by atoms with Crippen LogP contribution in [0.15, 0.2) is 72.9 Å². The van der Waals surface area contributed by atoms with Gasteiger partial charge in [0.1, 0.15) is 13.2 Å². The summed E-state index contributed by atoms with van der Waals surface area (Å²) in [4.78, 5) is 37.7. The highest BCUT2D eigenvalue weighted by molar-refractivity contribution is 5.71. The zero-order valence-electron chi connectivity index (χ0n) is 40.6. The van der Waals surface area contributed by atoms with Gasteiger partial charge in [-0.05, 0) is 89.9 Å². The number of rotatable bonds is 46. The van der Waals surface area contributed by atoms with E-state index in [9.17, 15) is 14.4 Å². The van der Waals surface area contributed by atoms with Crippen LogP contribution in [0.4, 0.5) is 0 Å². The Kier molecular flexibility index (Phi) is 47.9. The molecule has 0 saturated carbocycles. The molecule has 0 radical (unpaired) electrons. The molecule has 0 aromatic carbocycles. The molecule has 0 aromatic rings. The van der Waals surface area contributed by atoms with Crippen LogP contribution in [0.2, 0.25) is 0 Å². The van der Waals surface area contributed by atoms with Gasteiger partial charge in [-0.2, -0.15) is 0 Å². The highest BCUT2D eigenvalue weighted by Crippen LogP contribution is 2.14. The SMILES string of the molecule is CC/C=C\C/C=C\C/C=C\C/C=C\C/C=C\CCCCCCCC(=O)OCC(COC(=O)CCCCCCC)OC(=O)CCCCCCCCC/C=C\CCCCCCCCC. The topological polar surface area (TPSA) is 78.9 Å². The van der Waals surface area contributed by atoms with Crippen molar-refractivity contribution in [2.45, 2.75) is 252 Å². The normalized spacial score (nSPS) is 12.6. The fourth-order valence-corrected chi connectivity index (χ4v) is 7.05.